The molecule has 0 rings (SSSR count). The minimum absolute atomic E-state index is 0.665. The minimum Gasteiger partial charge on any atom is -0.396 e. The van der Waals surface area contributed by atoms with E-state index in [-0.39, 0.29) is 0 Å². The fraction of sp³-hybridized carbons (Fsp3) is 0.818. The molecule has 4 nitrogen and oxygen atoms in total. The summed E-state index contributed by atoms with van der Waals surface area (Å²) in [6.45, 7) is 5.61. The van der Waals surface area contributed by atoms with Gasteiger partial charge in [-0.1, -0.05) is 43.4 Å². The second-order valence-electron chi connectivity index (χ2n) is 3.24. The van der Waals surface area contributed by atoms with Crippen LogP contribution >= 0.6 is 0 Å². The first kappa shape index (κ1) is 13.9. The van der Waals surface area contributed by atoms with Crippen molar-refractivity contribution in [3.05, 3.63) is 0 Å². The van der Waals surface area contributed by atoms with Crippen LogP contribution in [0.3, 0.4) is 0 Å². The van der Waals surface area contributed by atoms with E-state index >= 15 is 0 Å². The van der Waals surface area contributed by atoms with Gasteiger partial charge < -0.3 is 9.68 Å². The van der Waals surface area contributed by atoms with Crippen LogP contribution in [0.2, 0.25) is 0 Å². The van der Waals surface area contributed by atoms with Gasteiger partial charge in [-0.2, -0.15) is 0 Å². The number of hydrogen-bond donors (Lipinski definition) is 0. The van der Waals surface area contributed by atoms with Crippen molar-refractivity contribution in [1.29, 1.82) is 0 Å². The maximum Gasteiger partial charge on any atom is 0.117 e. The SMILES string of the molecule is CCCCCON=CC=NOCCCC. The van der Waals surface area contributed by atoms with Crippen LogP contribution in [0.1, 0.15) is 46.0 Å². The minimum atomic E-state index is 0.665. The molecule has 0 aromatic rings. The first-order chi connectivity index (χ1) is 7.41. The molecule has 0 saturated carbocycles. The topological polar surface area (TPSA) is 43.2 Å². The maximum absolute atomic E-state index is 4.99. The summed E-state index contributed by atoms with van der Waals surface area (Å²) in [5, 5.41) is 7.40. The Balaban J connectivity index is 3.15. The first-order valence-corrected chi connectivity index (χ1v) is 5.71. The summed E-state index contributed by atoms with van der Waals surface area (Å²) in [7, 11) is 0. The van der Waals surface area contributed by atoms with Gasteiger partial charge in [0.05, 0.1) is 12.4 Å². The Kier molecular flexibility index (Phi) is 12.0. The Morgan fingerprint density at radius 3 is 1.87 bits per heavy atom. The molecule has 88 valence electrons. The first-order valence-electron chi connectivity index (χ1n) is 5.71. The molecule has 0 amide bonds. The van der Waals surface area contributed by atoms with Crippen LogP contribution in [0, 0.1) is 0 Å². The van der Waals surface area contributed by atoms with E-state index in [9.17, 15) is 0 Å². The molecule has 0 spiro atoms. The van der Waals surface area contributed by atoms with E-state index in [1.54, 1.807) is 0 Å². The summed E-state index contributed by atoms with van der Waals surface area (Å²) in [5.74, 6) is 0. The summed E-state index contributed by atoms with van der Waals surface area (Å²) in [4.78, 5) is 9.93. The molecule has 0 aliphatic heterocycles. The molecule has 0 unspecified atom stereocenters. The third kappa shape index (κ3) is 12.9. The zero-order valence-corrected chi connectivity index (χ0v) is 9.82. The number of oxime groups is 2. The Morgan fingerprint density at radius 2 is 1.33 bits per heavy atom. The monoisotopic (exact) mass is 214 g/mol. The standard InChI is InChI=1S/C11H22N2O2/c1-3-5-7-11-15-13-9-8-12-14-10-6-4-2/h8-9H,3-7,10-11H2,1-2H3. The van der Waals surface area contributed by atoms with Gasteiger partial charge in [-0.3, -0.25) is 0 Å². The van der Waals surface area contributed by atoms with E-state index in [0.717, 1.165) is 19.3 Å². The number of unbranched alkanes of at least 4 members (excludes halogenated alkanes) is 3. The van der Waals surface area contributed by atoms with Gasteiger partial charge in [0, 0.05) is 0 Å². The van der Waals surface area contributed by atoms with Crippen molar-refractivity contribution in [3.63, 3.8) is 0 Å². The van der Waals surface area contributed by atoms with Gasteiger partial charge in [0.1, 0.15) is 13.2 Å². The molecule has 0 aromatic heterocycles. The Bertz CT molecular complexity index is 170. The summed E-state index contributed by atoms with van der Waals surface area (Å²) < 4.78 is 0. The normalized spacial score (nSPS) is 11.3. The average molecular weight is 214 g/mol. The van der Waals surface area contributed by atoms with Crippen molar-refractivity contribution in [2.75, 3.05) is 13.2 Å². The van der Waals surface area contributed by atoms with Crippen LogP contribution in [0.4, 0.5) is 0 Å². The number of hydrogen-bond acceptors (Lipinski definition) is 4. The molecule has 0 bridgehead atoms. The lowest BCUT2D eigenvalue weighted by Crippen LogP contribution is -1.90. The van der Waals surface area contributed by atoms with E-state index in [1.807, 2.05) is 0 Å². The molecule has 0 N–H and O–H groups in total. The molecule has 0 fully saturated rings. The number of rotatable bonds is 10. The van der Waals surface area contributed by atoms with Gasteiger partial charge >= 0.3 is 0 Å². The third-order valence-corrected chi connectivity index (χ3v) is 1.77. The van der Waals surface area contributed by atoms with Gasteiger partial charge in [-0.15, -0.1) is 0 Å². The maximum atomic E-state index is 4.99. The third-order valence-electron chi connectivity index (χ3n) is 1.77. The summed E-state index contributed by atoms with van der Waals surface area (Å²) >= 11 is 0. The average Bonchev–Trinajstić information content (AvgIpc) is 2.26. The van der Waals surface area contributed by atoms with E-state index in [0.29, 0.717) is 13.2 Å². The molecule has 0 aromatic carbocycles. The van der Waals surface area contributed by atoms with E-state index in [2.05, 4.69) is 24.2 Å². The summed E-state index contributed by atoms with van der Waals surface area (Å²) in [6.07, 6.45) is 8.57. The fourth-order valence-electron chi connectivity index (χ4n) is 0.871. The van der Waals surface area contributed by atoms with Crippen molar-refractivity contribution < 1.29 is 9.68 Å². The van der Waals surface area contributed by atoms with Crippen molar-refractivity contribution in [1.82, 2.24) is 0 Å². The highest BCUT2D eigenvalue weighted by Crippen LogP contribution is 1.93. The van der Waals surface area contributed by atoms with Crippen molar-refractivity contribution >= 4 is 12.4 Å². The van der Waals surface area contributed by atoms with Crippen molar-refractivity contribution in [2.45, 2.75) is 46.0 Å². The Labute approximate surface area is 92.3 Å². The van der Waals surface area contributed by atoms with Crippen LogP contribution in [0.25, 0.3) is 0 Å². The highest BCUT2D eigenvalue weighted by molar-refractivity contribution is 6.15. The van der Waals surface area contributed by atoms with Gasteiger partial charge in [0.25, 0.3) is 0 Å². The summed E-state index contributed by atoms with van der Waals surface area (Å²) in [6, 6.07) is 0. The lowest BCUT2D eigenvalue weighted by atomic mass is 10.3. The van der Waals surface area contributed by atoms with Crippen LogP contribution in [-0.4, -0.2) is 25.6 Å². The predicted molar refractivity (Wildman–Crippen MR) is 63.3 cm³/mol. The fourth-order valence-corrected chi connectivity index (χ4v) is 0.871. The van der Waals surface area contributed by atoms with Gasteiger partial charge in [-0.25, -0.2) is 0 Å². The largest absolute Gasteiger partial charge is 0.396 e. The Morgan fingerprint density at radius 1 is 0.800 bits per heavy atom. The second kappa shape index (κ2) is 12.9. The molecule has 0 heterocycles. The van der Waals surface area contributed by atoms with E-state index in [1.165, 1.54) is 25.3 Å². The van der Waals surface area contributed by atoms with Crippen LogP contribution in [0.15, 0.2) is 10.3 Å². The molecule has 0 aliphatic rings. The van der Waals surface area contributed by atoms with Crippen LogP contribution in [-0.2, 0) is 9.68 Å². The molecule has 15 heavy (non-hydrogen) atoms. The molecular formula is C11H22N2O2. The van der Waals surface area contributed by atoms with Crippen molar-refractivity contribution in [3.8, 4) is 0 Å². The smallest absolute Gasteiger partial charge is 0.117 e. The number of nitrogens with zero attached hydrogens (tertiary/aromatic N) is 2. The summed E-state index contributed by atoms with van der Waals surface area (Å²) in [5.41, 5.74) is 0. The van der Waals surface area contributed by atoms with Crippen molar-refractivity contribution in [2.24, 2.45) is 10.3 Å². The molecule has 0 atom stereocenters. The Hall–Kier alpha value is -1.06. The van der Waals surface area contributed by atoms with E-state index < -0.39 is 0 Å². The zero-order chi connectivity index (χ0) is 11.2. The quantitative estimate of drug-likeness (QED) is 0.319. The van der Waals surface area contributed by atoms with Gasteiger partial charge in [-0.05, 0) is 12.8 Å². The zero-order valence-electron chi connectivity index (χ0n) is 9.82. The molecular weight excluding hydrogens is 192 g/mol. The van der Waals surface area contributed by atoms with Crippen LogP contribution < -0.4 is 0 Å². The van der Waals surface area contributed by atoms with Gasteiger partial charge in [0.15, 0.2) is 0 Å². The highest BCUT2D eigenvalue weighted by Gasteiger charge is 1.84. The van der Waals surface area contributed by atoms with Gasteiger partial charge in [0.2, 0.25) is 0 Å². The highest BCUT2D eigenvalue weighted by atomic mass is 16.6. The lowest BCUT2D eigenvalue weighted by molar-refractivity contribution is 0.139. The second-order valence-corrected chi connectivity index (χ2v) is 3.24. The molecule has 0 saturated heterocycles. The van der Waals surface area contributed by atoms with Crippen LogP contribution in [0.5, 0.6) is 0 Å². The predicted octanol–water partition coefficient (Wildman–Crippen LogP) is 2.98. The van der Waals surface area contributed by atoms with E-state index in [4.69, 9.17) is 9.68 Å². The molecule has 4 heteroatoms. The molecule has 0 aliphatic carbocycles. The lowest BCUT2D eigenvalue weighted by Gasteiger charge is -1.96. The molecule has 0 radical (unpaired) electrons.